The van der Waals surface area contributed by atoms with Gasteiger partial charge < -0.3 is 0 Å². The van der Waals surface area contributed by atoms with Gasteiger partial charge in [0.15, 0.2) is 0 Å². The van der Waals surface area contributed by atoms with Crippen molar-refractivity contribution in [3.8, 4) is 0 Å². The average molecular weight is 637 g/mol. The fourth-order valence-electron chi connectivity index (χ4n) is 7.50. The maximum Gasteiger partial charge on any atom is 0.00704 e. The summed E-state index contributed by atoms with van der Waals surface area (Å²) in [4.78, 5) is 4.48. The lowest BCUT2D eigenvalue weighted by Gasteiger charge is -2.36. The average Bonchev–Trinajstić information content (AvgIpc) is 3.02. The Morgan fingerprint density at radius 3 is 0.842 bits per heavy atom. The lowest BCUT2D eigenvalue weighted by Crippen LogP contribution is -2.06. The van der Waals surface area contributed by atoms with Crippen LogP contribution in [0.25, 0.3) is 0 Å². The second-order valence-electron chi connectivity index (χ2n) is 12.2. The van der Waals surface area contributed by atoms with Crippen molar-refractivity contribution in [1.29, 1.82) is 0 Å². The molecule has 6 rings (SSSR count). The van der Waals surface area contributed by atoms with Crippen LogP contribution < -0.4 is 0 Å². The molecule has 0 spiro atoms. The first-order valence-corrected chi connectivity index (χ1v) is 19.7. The largest absolute Gasteiger partial charge is 0.105 e. The Morgan fingerprint density at radius 2 is 0.605 bits per heavy atom. The molecule has 3 saturated carbocycles. The Labute approximate surface area is 245 Å². The van der Waals surface area contributed by atoms with E-state index in [1.165, 1.54) is 111 Å². The first kappa shape index (κ1) is 26.9. The Morgan fingerprint density at radius 1 is 0.368 bits per heavy atom. The summed E-state index contributed by atoms with van der Waals surface area (Å²) in [5.74, 6) is 2.29. The van der Waals surface area contributed by atoms with Crippen molar-refractivity contribution in [3.05, 3.63) is 89.5 Å². The number of hydrogen-bond acceptors (Lipinski definition) is 0. The van der Waals surface area contributed by atoms with E-state index in [9.17, 15) is 0 Å². The van der Waals surface area contributed by atoms with Gasteiger partial charge in [0.2, 0.25) is 0 Å². The van der Waals surface area contributed by atoms with E-state index in [-0.39, 0.29) is 0 Å². The molecular weight excluding hydrogens is 591 g/mol. The van der Waals surface area contributed by atoms with Crippen LogP contribution in [0.4, 0.5) is 0 Å². The van der Waals surface area contributed by atoms with Crippen LogP contribution >= 0.6 is 28.4 Å². The zero-order valence-corrected chi connectivity index (χ0v) is 26.0. The Bertz CT molecular complexity index is 997. The molecule has 0 saturated heterocycles. The quantitative estimate of drug-likeness (QED) is 0.236. The predicted octanol–water partition coefficient (Wildman–Crippen LogP) is 12.5. The molecule has 3 aliphatic carbocycles. The Hall–Kier alpha value is -1.26. The van der Waals surface area contributed by atoms with E-state index in [0.717, 1.165) is 17.8 Å². The van der Waals surface area contributed by atoms with E-state index in [1.807, 2.05) is 0 Å². The van der Waals surface area contributed by atoms with Gasteiger partial charge >= 0.3 is 0 Å². The van der Waals surface area contributed by atoms with Gasteiger partial charge in [0.1, 0.15) is 0 Å². The summed E-state index contributed by atoms with van der Waals surface area (Å²) in [6.45, 7) is 0. The molecule has 3 fully saturated rings. The zero-order valence-electron chi connectivity index (χ0n) is 23.1. The van der Waals surface area contributed by atoms with Crippen molar-refractivity contribution < 1.29 is 0 Å². The van der Waals surface area contributed by atoms with E-state index in [4.69, 9.17) is 0 Å². The standard InChI is InChI=1S/C36H45IS/c37-38(34-22-16-31(17-23-34)28-10-4-1-5-11-28,35-24-18-32(19-25-35)29-12-6-2-7-13-29)36-26-20-33(21-27-36)30-14-8-3-9-15-30/h16-30H,1-15H2. The predicted molar refractivity (Wildman–Crippen MR) is 173 cm³/mol. The molecule has 0 aromatic heterocycles. The molecule has 3 aliphatic rings. The van der Waals surface area contributed by atoms with Gasteiger partial charge in [-0.05, 0) is 131 Å². The minimum atomic E-state index is -1.35. The highest BCUT2D eigenvalue weighted by Gasteiger charge is 2.30. The van der Waals surface area contributed by atoms with Crippen LogP contribution in [0.5, 0.6) is 0 Å². The van der Waals surface area contributed by atoms with Crippen LogP contribution in [0.3, 0.4) is 0 Å². The van der Waals surface area contributed by atoms with Gasteiger partial charge in [-0.2, -0.15) is 0 Å². The summed E-state index contributed by atoms with van der Waals surface area (Å²) < 4.78 is 0. The van der Waals surface area contributed by atoms with Gasteiger partial charge in [-0.25, -0.2) is 0 Å². The van der Waals surface area contributed by atoms with E-state index in [1.54, 1.807) is 16.7 Å². The summed E-state index contributed by atoms with van der Waals surface area (Å²) in [7, 11) is -1.35. The Balaban J connectivity index is 1.34. The molecular formula is C36H45IS. The van der Waals surface area contributed by atoms with Gasteiger partial charge in [-0.1, -0.05) is 94.2 Å². The first-order chi connectivity index (χ1) is 18.7. The van der Waals surface area contributed by atoms with E-state index >= 15 is 0 Å². The molecule has 0 aliphatic heterocycles. The highest BCUT2D eigenvalue weighted by molar-refractivity contribution is 14.2. The normalized spacial score (nSPS) is 20.9. The fourth-order valence-corrected chi connectivity index (χ4v) is 12.5. The molecule has 3 aromatic carbocycles. The van der Waals surface area contributed by atoms with Crippen molar-refractivity contribution in [2.75, 3.05) is 0 Å². The van der Waals surface area contributed by atoms with Crippen molar-refractivity contribution in [2.24, 2.45) is 0 Å². The van der Waals surface area contributed by atoms with Crippen LogP contribution in [0.15, 0.2) is 87.5 Å². The van der Waals surface area contributed by atoms with Gasteiger partial charge in [-0.15, -0.1) is 7.20 Å². The molecule has 0 nitrogen and oxygen atoms in total. The summed E-state index contributed by atoms with van der Waals surface area (Å²) in [5, 5.41) is 0. The van der Waals surface area contributed by atoms with Gasteiger partial charge in [0, 0.05) is 14.7 Å². The minimum absolute atomic E-state index is 0.765. The molecule has 202 valence electrons. The van der Waals surface area contributed by atoms with Crippen LogP contribution in [0.1, 0.15) is 131 Å². The summed E-state index contributed by atoms with van der Waals surface area (Å²) in [5.41, 5.74) is 4.69. The third-order valence-corrected chi connectivity index (χ3v) is 17.2. The maximum absolute atomic E-state index is 2.85. The summed E-state index contributed by atoms with van der Waals surface area (Å²) in [6.07, 6.45) is 20.9. The molecule has 0 N–H and O–H groups in total. The maximum atomic E-state index is 2.85. The van der Waals surface area contributed by atoms with Crippen LogP contribution in [0, 0.1) is 0 Å². The highest BCUT2D eigenvalue weighted by Crippen LogP contribution is 2.74. The summed E-state index contributed by atoms with van der Waals surface area (Å²) in [6, 6.07) is 29.7. The molecule has 0 heterocycles. The highest BCUT2D eigenvalue weighted by atomic mass is 127. The molecule has 0 atom stereocenters. The topological polar surface area (TPSA) is 0 Å². The smallest absolute Gasteiger partial charge is 0.00704 e. The third kappa shape index (κ3) is 5.78. The molecule has 0 bridgehead atoms. The number of rotatable bonds is 6. The van der Waals surface area contributed by atoms with Crippen LogP contribution in [-0.4, -0.2) is 0 Å². The summed E-state index contributed by atoms with van der Waals surface area (Å²) >= 11 is 2.85. The lowest BCUT2D eigenvalue weighted by molar-refractivity contribution is 0.443. The van der Waals surface area contributed by atoms with Crippen LogP contribution in [-0.2, 0) is 0 Å². The number of benzene rings is 3. The zero-order chi connectivity index (χ0) is 25.8. The molecule has 38 heavy (non-hydrogen) atoms. The van der Waals surface area contributed by atoms with Gasteiger partial charge in [-0.3, -0.25) is 0 Å². The number of hydrogen-bond donors (Lipinski definition) is 0. The van der Waals surface area contributed by atoms with Crippen molar-refractivity contribution in [3.63, 3.8) is 0 Å². The molecule has 0 amide bonds. The molecule has 3 aromatic rings. The first-order valence-electron chi connectivity index (χ1n) is 15.5. The molecule has 0 radical (unpaired) electrons. The van der Waals surface area contributed by atoms with E-state index in [2.05, 4.69) is 94.0 Å². The van der Waals surface area contributed by atoms with Gasteiger partial charge in [0.25, 0.3) is 0 Å². The van der Waals surface area contributed by atoms with E-state index in [0.29, 0.717) is 0 Å². The monoisotopic (exact) mass is 636 g/mol. The van der Waals surface area contributed by atoms with Crippen molar-refractivity contribution in [2.45, 2.75) is 129 Å². The van der Waals surface area contributed by atoms with Crippen LogP contribution in [0.2, 0.25) is 0 Å². The second kappa shape index (κ2) is 12.5. The van der Waals surface area contributed by atoms with Gasteiger partial charge in [0.05, 0.1) is 0 Å². The van der Waals surface area contributed by atoms with E-state index < -0.39 is 7.20 Å². The lowest BCUT2D eigenvalue weighted by atomic mass is 9.84. The van der Waals surface area contributed by atoms with Crippen molar-refractivity contribution in [1.82, 2.24) is 0 Å². The third-order valence-electron chi connectivity index (χ3n) is 9.84. The minimum Gasteiger partial charge on any atom is -0.105 e. The second-order valence-corrected chi connectivity index (χ2v) is 18.7. The molecule has 0 unspecified atom stereocenters. The van der Waals surface area contributed by atoms with Crippen molar-refractivity contribution >= 4 is 28.4 Å². The Kier molecular flexibility index (Phi) is 8.86. The molecule has 2 heteroatoms. The number of halogens is 1. The fraction of sp³-hybridized carbons (Fsp3) is 0.500. The SMILES string of the molecule is IS(c1ccc(C2CCCCC2)cc1)(c1ccc(C2CCCCC2)cc1)c1ccc(C2CCCCC2)cc1.